The second-order valence-corrected chi connectivity index (χ2v) is 6.61. The summed E-state index contributed by atoms with van der Waals surface area (Å²) in [5.74, 6) is 3.71. The van der Waals surface area contributed by atoms with Gasteiger partial charge in [-0.1, -0.05) is 38.8 Å². The lowest BCUT2D eigenvalue weighted by molar-refractivity contribution is 0.262. The van der Waals surface area contributed by atoms with Gasteiger partial charge in [0.1, 0.15) is 0 Å². The summed E-state index contributed by atoms with van der Waals surface area (Å²) in [5.41, 5.74) is 3.45. The molecule has 17 heavy (non-hydrogen) atoms. The Morgan fingerprint density at radius 2 is 1.35 bits per heavy atom. The lowest BCUT2D eigenvalue weighted by Gasteiger charge is -2.23. The van der Waals surface area contributed by atoms with Gasteiger partial charge in [0.15, 0.2) is 0 Å². The highest BCUT2D eigenvalue weighted by molar-refractivity contribution is 5.21. The molecule has 1 heteroatoms. The van der Waals surface area contributed by atoms with E-state index in [1.165, 1.54) is 25.7 Å². The predicted molar refractivity (Wildman–Crippen MR) is 72.7 cm³/mol. The lowest BCUT2D eigenvalue weighted by atomic mass is 9.83. The van der Waals surface area contributed by atoms with Crippen LogP contribution in [0, 0.1) is 29.6 Å². The van der Waals surface area contributed by atoms with Crippen LogP contribution in [0.3, 0.4) is 0 Å². The summed E-state index contributed by atoms with van der Waals surface area (Å²) in [6.45, 7) is 9.78. The Labute approximate surface area is 106 Å². The maximum atomic E-state index is 9.36. The molecule has 1 N–H and O–H groups in total. The van der Waals surface area contributed by atoms with Crippen LogP contribution < -0.4 is 0 Å². The van der Waals surface area contributed by atoms with Crippen molar-refractivity contribution in [2.24, 2.45) is 29.6 Å². The van der Waals surface area contributed by atoms with Crippen molar-refractivity contribution in [3.63, 3.8) is 0 Å². The van der Waals surface area contributed by atoms with Gasteiger partial charge in [-0.15, -0.1) is 0 Å². The number of allylic oxidation sites excluding steroid dienone is 2. The van der Waals surface area contributed by atoms with Gasteiger partial charge in [-0.2, -0.15) is 0 Å². The number of hydrogen-bond acceptors (Lipinski definition) is 1. The quantitative estimate of drug-likeness (QED) is 0.734. The molecule has 0 aromatic heterocycles. The number of aliphatic hydroxyl groups excluding tert-OH is 1. The van der Waals surface area contributed by atoms with Gasteiger partial charge in [-0.05, 0) is 55.3 Å². The van der Waals surface area contributed by atoms with E-state index in [1.54, 1.807) is 11.1 Å². The van der Waals surface area contributed by atoms with Gasteiger partial charge < -0.3 is 5.11 Å². The molecular formula is C16H28O. The van der Waals surface area contributed by atoms with Crippen LogP contribution in [0.1, 0.15) is 53.4 Å². The number of fused-ring (bicyclic) bond motifs is 1. The fourth-order valence-corrected chi connectivity index (χ4v) is 3.94. The van der Waals surface area contributed by atoms with Gasteiger partial charge >= 0.3 is 0 Å². The summed E-state index contributed by atoms with van der Waals surface area (Å²) in [4.78, 5) is 0. The lowest BCUT2D eigenvalue weighted by Crippen LogP contribution is -2.08. The van der Waals surface area contributed by atoms with E-state index >= 15 is 0 Å². The largest absolute Gasteiger partial charge is 0.396 e. The van der Waals surface area contributed by atoms with Crippen molar-refractivity contribution in [2.75, 3.05) is 6.61 Å². The molecule has 2 rings (SSSR count). The topological polar surface area (TPSA) is 20.2 Å². The summed E-state index contributed by atoms with van der Waals surface area (Å²) < 4.78 is 0. The van der Waals surface area contributed by atoms with Crippen LogP contribution in [0.4, 0.5) is 0 Å². The van der Waals surface area contributed by atoms with Crippen LogP contribution in [0.25, 0.3) is 0 Å². The highest BCUT2D eigenvalue weighted by atomic mass is 16.3. The fraction of sp³-hybridized carbons (Fsp3) is 0.875. The first-order valence-corrected chi connectivity index (χ1v) is 7.38. The Balaban J connectivity index is 2.12. The normalized spacial score (nSPS) is 37.9. The highest BCUT2D eigenvalue weighted by Gasteiger charge is 2.48. The van der Waals surface area contributed by atoms with Crippen LogP contribution in [0.15, 0.2) is 11.1 Å². The second kappa shape index (κ2) is 5.14. The first kappa shape index (κ1) is 13.1. The van der Waals surface area contributed by atoms with Crippen molar-refractivity contribution in [1.82, 2.24) is 0 Å². The van der Waals surface area contributed by atoms with Crippen LogP contribution in [0.2, 0.25) is 0 Å². The average Bonchev–Trinajstić information content (AvgIpc) is 2.88. The van der Waals surface area contributed by atoms with Crippen molar-refractivity contribution >= 4 is 0 Å². The van der Waals surface area contributed by atoms with E-state index in [2.05, 4.69) is 27.7 Å². The zero-order valence-electron chi connectivity index (χ0n) is 11.9. The monoisotopic (exact) mass is 236 g/mol. The van der Waals surface area contributed by atoms with Gasteiger partial charge in [-0.3, -0.25) is 0 Å². The molecule has 0 saturated heterocycles. The van der Waals surface area contributed by atoms with E-state index < -0.39 is 0 Å². The number of aliphatic hydroxyl groups is 1. The van der Waals surface area contributed by atoms with Gasteiger partial charge in [0.2, 0.25) is 0 Å². The zero-order chi connectivity index (χ0) is 12.6. The first-order valence-electron chi connectivity index (χ1n) is 7.38. The third-order valence-electron chi connectivity index (χ3n) is 5.02. The molecule has 1 fully saturated rings. The molecular weight excluding hydrogens is 208 g/mol. The molecule has 0 spiro atoms. The summed E-state index contributed by atoms with van der Waals surface area (Å²) >= 11 is 0. The number of hydrogen-bond donors (Lipinski definition) is 1. The van der Waals surface area contributed by atoms with Crippen LogP contribution in [0.5, 0.6) is 0 Å². The molecule has 1 saturated carbocycles. The molecule has 0 aromatic rings. The van der Waals surface area contributed by atoms with Gasteiger partial charge in [0.05, 0.1) is 0 Å². The Kier molecular flexibility index (Phi) is 3.97. The minimum absolute atomic E-state index is 0.420. The Morgan fingerprint density at radius 3 is 1.65 bits per heavy atom. The average molecular weight is 236 g/mol. The van der Waals surface area contributed by atoms with Gasteiger partial charge in [0, 0.05) is 6.61 Å². The Bertz CT molecular complexity index is 273. The molecule has 0 amide bonds. The maximum absolute atomic E-state index is 9.36. The highest BCUT2D eigenvalue weighted by Crippen LogP contribution is 2.54. The standard InChI is InChI=1S/C16H28O/c1-10(2)12-5-7-14-15(16(14)9-17)8-6-13(12)11(3)4/h10-11,14-17H,5-9H2,1-4H3/b13-12-/t14-,15+,16?. The van der Waals surface area contributed by atoms with Crippen molar-refractivity contribution in [3.05, 3.63) is 11.1 Å². The Morgan fingerprint density at radius 1 is 0.941 bits per heavy atom. The van der Waals surface area contributed by atoms with Crippen molar-refractivity contribution in [3.8, 4) is 0 Å². The van der Waals surface area contributed by atoms with E-state index in [9.17, 15) is 5.11 Å². The molecule has 0 aromatic carbocycles. The maximum Gasteiger partial charge on any atom is 0.0464 e. The zero-order valence-corrected chi connectivity index (χ0v) is 11.9. The van der Waals surface area contributed by atoms with E-state index in [0.717, 1.165) is 11.8 Å². The molecule has 2 aliphatic rings. The fourth-order valence-electron chi connectivity index (χ4n) is 3.94. The summed E-state index contributed by atoms with van der Waals surface area (Å²) in [7, 11) is 0. The first-order chi connectivity index (χ1) is 8.06. The van der Waals surface area contributed by atoms with E-state index in [-0.39, 0.29) is 0 Å². The summed E-state index contributed by atoms with van der Waals surface area (Å²) in [5, 5.41) is 9.36. The molecule has 0 radical (unpaired) electrons. The summed E-state index contributed by atoms with van der Waals surface area (Å²) in [6.07, 6.45) is 5.20. The molecule has 0 heterocycles. The summed E-state index contributed by atoms with van der Waals surface area (Å²) in [6, 6.07) is 0. The Hall–Kier alpha value is -0.300. The van der Waals surface area contributed by atoms with Crippen LogP contribution >= 0.6 is 0 Å². The van der Waals surface area contributed by atoms with Gasteiger partial charge in [0.25, 0.3) is 0 Å². The molecule has 2 aliphatic carbocycles. The molecule has 0 aliphatic heterocycles. The minimum atomic E-state index is 0.420. The van der Waals surface area contributed by atoms with Crippen molar-refractivity contribution in [1.29, 1.82) is 0 Å². The minimum Gasteiger partial charge on any atom is -0.396 e. The van der Waals surface area contributed by atoms with E-state index in [4.69, 9.17) is 0 Å². The third kappa shape index (κ3) is 2.59. The van der Waals surface area contributed by atoms with Gasteiger partial charge in [-0.25, -0.2) is 0 Å². The SMILES string of the molecule is CC(C)/C1=C(\C(C)C)CC[C@H]2C(CO)[C@H]2CC1. The van der Waals surface area contributed by atoms with Crippen LogP contribution in [-0.4, -0.2) is 11.7 Å². The van der Waals surface area contributed by atoms with Crippen molar-refractivity contribution < 1.29 is 5.11 Å². The molecule has 0 bridgehead atoms. The number of rotatable bonds is 3. The molecule has 1 unspecified atom stereocenters. The molecule has 3 atom stereocenters. The van der Waals surface area contributed by atoms with E-state index in [1.807, 2.05) is 0 Å². The third-order valence-corrected chi connectivity index (χ3v) is 5.02. The molecule has 1 nitrogen and oxygen atoms in total. The second-order valence-electron chi connectivity index (χ2n) is 6.61. The van der Waals surface area contributed by atoms with Crippen LogP contribution in [-0.2, 0) is 0 Å². The van der Waals surface area contributed by atoms with Crippen molar-refractivity contribution in [2.45, 2.75) is 53.4 Å². The molecule has 98 valence electrons. The smallest absolute Gasteiger partial charge is 0.0464 e. The predicted octanol–water partition coefficient (Wildman–Crippen LogP) is 4.02. The van der Waals surface area contributed by atoms with E-state index in [0.29, 0.717) is 24.4 Å².